The number of H-pyrrole nitrogens is 1. The lowest BCUT2D eigenvalue weighted by molar-refractivity contribution is 0.0696. The summed E-state index contributed by atoms with van der Waals surface area (Å²) in [6.07, 6.45) is 1.60. The van der Waals surface area contributed by atoms with Crippen molar-refractivity contribution in [3.8, 4) is 17.6 Å². The smallest absolute Gasteiger partial charge is 0.335 e. The largest absolute Gasteiger partial charge is 0.493 e. The lowest BCUT2D eigenvalue weighted by atomic mass is 10.1. The average molecular weight is 443 g/mol. The Morgan fingerprint density at radius 3 is 2.79 bits per heavy atom. The van der Waals surface area contributed by atoms with Gasteiger partial charge < -0.3 is 19.6 Å². The summed E-state index contributed by atoms with van der Waals surface area (Å²) in [6, 6.07) is 17.9. The molecule has 1 heterocycles. The highest BCUT2D eigenvalue weighted by molar-refractivity contribution is 5.91. The van der Waals surface area contributed by atoms with Gasteiger partial charge in [0.1, 0.15) is 24.3 Å². The minimum Gasteiger partial charge on any atom is -0.493 e. The van der Waals surface area contributed by atoms with E-state index in [-0.39, 0.29) is 17.7 Å². The molecule has 0 unspecified atom stereocenters. The predicted octanol–water partition coefficient (Wildman–Crippen LogP) is 5.05. The summed E-state index contributed by atoms with van der Waals surface area (Å²) in [4.78, 5) is 18.6. The number of rotatable bonds is 7. The molecule has 0 fully saturated rings. The first-order chi connectivity index (χ1) is 16.0. The van der Waals surface area contributed by atoms with Crippen molar-refractivity contribution in [1.29, 1.82) is 5.26 Å². The number of imidazole rings is 1. The highest BCUT2D eigenvalue weighted by atomic mass is 19.1. The first-order valence-electron chi connectivity index (χ1n) is 9.88. The lowest BCUT2D eigenvalue weighted by Crippen LogP contribution is -2.02. The van der Waals surface area contributed by atoms with E-state index in [0.29, 0.717) is 39.5 Å². The molecular formula is C25H18FN3O4. The van der Waals surface area contributed by atoms with Crippen LogP contribution in [0.2, 0.25) is 0 Å². The zero-order chi connectivity index (χ0) is 23.4. The maximum Gasteiger partial charge on any atom is 0.335 e. The first kappa shape index (κ1) is 21.6. The highest BCUT2D eigenvalue weighted by Gasteiger charge is 2.14. The molecule has 0 atom stereocenters. The number of hydrogen-bond donors (Lipinski definition) is 2. The molecule has 164 valence electrons. The fourth-order valence-corrected chi connectivity index (χ4v) is 3.33. The third-order valence-corrected chi connectivity index (χ3v) is 4.91. The summed E-state index contributed by atoms with van der Waals surface area (Å²) in [6.45, 7) is 0.0914. The molecule has 8 heteroatoms. The Balaban J connectivity index is 1.69. The van der Waals surface area contributed by atoms with E-state index in [1.54, 1.807) is 36.4 Å². The summed E-state index contributed by atoms with van der Waals surface area (Å²) < 4.78 is 24.9. The number of allylic oxidation sites excluding steroid dienone is 1. The van der Waals surface area contributed by atoms with Crippen LogP contribution in [-0.4, -0.2) is 28.2 Å². The van der Waals surface area contributed by atoms with Crippen molar-refractivity contribution in [3.05, 3.63) is 89.0 Å². The minimum absolute atomic E-state index is 0.0914. The average Bonchev–Trinajstić information content (AvgIpc) is 3.24. The molecule has 33 heavy (non-hydrogen) atoms. The molecule has 0 saturated heterocycles. The molecule has 3 aromatic carbocycles. The summed E-state index contributed by atoms with van der Waals surface area (Å²) in [7, 11) is 1.50. The SMILES string of the molecule is COc1cccc(/C=C(/C#N)c2nc3ccc(F)cc3[nH]2)c1OCc1cccc(C(=O)O)c1. The number of carboxylic acid groups (broad SMARTS) is 1. The zero-order valence-corrected chi connectivity index (χ0v) is 17.5. The molecule has 7 nitrogen and oxygen atoms in total. The van der Waals surface area contributed by atoms with Gasteiger partial charge >= 0.3 is 5.97 Å². The van der Waals surface area contributed by atoms with E-state index in [0.717, 1.165) is 0 Å². The van der Waals surface area contributed by atoms with E-state index in [4.69, 9.17) is 9.47 Å². The molecule has 0 aliphatic carbocycles. The van der Waals surface area contributed by atoms with Crippen molar-refractivity contribution in [2.45, 2.75) is 6.61 Å². The van der Waals surface area contributed by atoms with E-state index >= 15 is 0 Å². The van der Waals surface area contributed by atoms with E-state index in [1.165, 1.54) is 37.4 Å². The number of fused-ring (bicyclic) bond motifs is 1. The van der Waals surface area contributed by atoms with Crippen molar-refractivity contribution in [2.75, 3.05) is 7.11 Å². The van der Waals surface area contributed by atoms with Gasteiger partial charge in [0.2, 0.25) is 0 Å². The zero-order valence-electron chi connectivity index (χ0n) is 17.5. The summed E-state index contributed by atoms with van der Waals surface area (Å²) in [5, 5.41) is 18.9. The number of aromatic nitrogens is 2. The molecule has 0 bridgehead atoms. The van der Waals surface area contributed by atoms with Crippen molar-refractivity contribution in [1.82, 2.24) is 9.97 Å². The van der Waals surface area contributed by atoms with Gasteiger partial charge in [-0.3, -0.25) is 0 Å². The van der Waals surface area contributed by atoms with Crippen LogP contribution < -0.4 is 9.47 Å². The number of nitriles is 1. The van der Waals surface area contributed by atoms with Crippen LogP contribution in [0.3, 0.4) is 0 Å². The topological polar surface area (TPSA) is 108 Å². The van der Waals surface area contributed by atoms with Gasteiger partial charge in [0.05, 0.1) is 29.3 Å². The normalized spacial score (nSPS) is 11.2. The Kier molecular flexibility index (Phi) is 6.04. The van der Waals surface area contributed by atoms with Gasteiger partial charge in [-0.2, -0.15) is 5.26 Å². The summed E-state index contributed by atoms with van der Waals surface area (Å²) >= 11 is 0. The van der Waals surface area contributed by atoms with Gasteiger partial charge in [-0.1, -0.05) is 24.3 Å². The van der Waals surface area contributed by atoms with Crippen LogP contribution >= 0.6 is 0 Å². The quantitative estimate of drug-likeness (QED) is 0.387. The number of para-hydroxylation sites is 1. The van der Waals surface area contributed by atoms with Crippen LogP contribution in [0, 0.1) is 17.1 Å². The third kappa shape index (κ3) is 4.67. The van der Waals surface area contributed by atoms with Crippen LogP contribution in [0.15, 0.2) is 60.7 Å². The number of carbonyl (C=O) groups is 1. The third-order valence-electron chi connectivity index (χ3n) is 4.91. The van der Waals surface area contributed by atoms with Crippen molar-refractivity contribution >= 4 is 28.7 Å². The van der Waals surface area contributed by atoms with Gasteiger partial charge in [-0.05, 0) is 48.0 Å². The Bertz CT molecular complexity index is 1420. The van der Waals surface area contributed by atoms with Crippen molar-refractivity contribution in [3.63, 3.8) is 0 Å². The Hall–Kier alpha value is -4.64. The molecule has 0 aliphatic heterocycles. The number of benzene rings is 3. The highest BCUT2D eigenvalue weighted by Crippen LogP contribution is 2.34. The first-order valence-corrected chi connectivity index (χ1v) is 9.88. The molecular weight excluding hydrogens is 425 g/mol. The summed E-state index contributed by atoms with van der Waals surface area (Å²) in [5.74, 6) is -0.309. The Labute approximate surface area is 188 Å². The summed E-state index contributed by atoms with van der Waals surface area (Å²) in [5.41, 5.74) is 2.61. The van der Waals surface area contributed by atoms with Gasteiger partial charge in [0.15, 0.2) is 11.5 Å². The predicted molar refractivity (Wildman–Crippen MR) is 120 cm³/mol. The van der Waals surface area contributed by atoms with Crippen LogP contribution in [0.4, 0.5) is 4.39 Å². The van der Waals surface area contributed by atoms with Crippen LogP contribution in [0.25, 0.3) is 22.7 Å². The second-order valence-corrected chi connectivity index (χ2v) is 7.09. The maximum absolute atomic E-state index is 13.5. The van der Waals surface area contributed by atoms with Crippen LogP contribution in [0.1, 0.15) is 27.3 Å². The molecule has 4 rings (SSSR count). The van der Waals surface area contributed by atoms with Gasteiger partial charge in [0.25, 0.3) is 0 Å². The second-order valence-electron chi connectivity index (χ2n) is 7.09. The Morgan fingerprint density at radius 2 is 2.03 bits per heavy atom. The second kappa shape index (κ2) is 9.24. The number of halogens is 1. The van der Waals surface area contributed by atoms with E-state index in [2.05, 4.69) is 16.0 Å². The van der Waals surface area contributed by atoms with Crippen molar-refractivity contribution in [2.24, 2.45) is 0 Å². The molecule has 0 saturated carbocycles. The van der Waals surface area contributed by atoms with Gasteiger partial charge in [-0.15, -0.1) is 0 Å². The van der Waals surface area contributed by atoms with Gasteiger partial charge in [-0.25, -0.2) is 14.2 Å². The van der Waals surface area contributed by atoms with E-state index in [1.807, 2.05) is 0 Å². The number of aromatic amines is 1. The molecule has 2 N–H and O–H groups in total. The molecule has 0 aliphatic rings. The van der Waals surface area contributed by atoms with Crippen molar-refractivity contribution < 1.29 is 23.8 Å². The number of carboxylic acids is 1. The molecule has 0 radical (unpaired) electrons. The van der Waals surface area contributed by atoms with Crippen LogP contribution in [-0.2, 0) is 6.61 Å². The molecule has 0 spiro atoms. The number of methoxy groups -OCH3 is 1. The molecule has 0 amide bonds. The minimum atomic E-state index is -1.03. The van der Waals surface area contributed by atoms with Crippen LogP contribution in [0.5, 0.6) is 11.5 Å². The fraction of sp³-hybridized carbons (Fsp3) is 0.0800. The number of aromatic carboxylic acids is 1. The number of ether oxygens (including phenoxy) is 2. The fourth-order valence-electron chi connectivity index (χ4n) is 3.33. The maximum atomic E-state index is 13.5. The number of hydrogen-bond acceptors (Lipinski definition) is 5. The number of nitrogens with zero attached hydrogens (tertiary/aromatic N) is 2. The lowest BCUT2D eigenvalue weighted by Gasteiger charge is -2.14. The molecule has 1 aromatic heterocycles. The standard InChI is InChI=1S/C25H18FN3O4/c1-32-22-7-3-5-16(23(22)33-14-15-4-2-6-17(10-15)25(30)31)11-18(13-27)24-28-20-9-8-19(26)12-21(20)29-24/h2-12H,14H2,1H3,(H,28,29)(H,30,31)/b18-11-. The van der Waals surface area contributed by atoms with Gasteiger partial charge in [0, 0.05) is 5.56 Å². The van der Waals surface area contributed by atoms with E-state index in [9.17, 15) is 19.6 Å². The molecule has 4 aromatic rings. The number of nitrogens with one attached hydrogen (secondary N) is 1. The van der Waals surface area contributed by atoms with E-state index < -0.39 is 11.8 Å². The Morgan fingerprint density at radius 1 is 1.21 bits per heavy atom. The monoisotopic (exact) mass is 443 g/mol.